The molecule has 0 spiro atoms. The van der Waals surface area contributed by atoms with Crippen molar-refractivity contribution in [3.8, 4) is 5.75 Å². The molecule has 0 atom stereocenters. The lowest BCUT2D eigenvalue weighted by atomic mass is 10.0. The van der Waals surface area contributed by atoms with E-state index in [0.717, 1.165) is 28.0 Å². The van der Waals surface area contributed by atoms with Gasteiger partial charge in [0, 0.05) is 29.3 Å². The van der Waals surface area contributed by atoms with E-state index in [0.29, 0.717) is 0 Å². The standard InChI is InChI=1S/C15H19NO2S/c1-11(2)7-12(9-16(3)10-17)14-8-13(19-4)5-6-15(14)18/h5-10,18H,1-4H3/b12-9+. The van der Waals surface area contributed by atoms with Gasteiger partial charge in [-0.05, 0) is 38.3 Å². The van der Waals surface area contributed by atoms with E-state index < -0.39 is 0 Å². The first-order valence-corrected chi connectivity index (χ1v) is 7.11. The summed E-state index contributed by atoms with van der Waals surface area (Å²) in [7, 11) is 1.67. The van der Waals surface area contributed by atoms with Gasteiger partial charge in [0.05, 0.1) is 0 Å². The normalized spacial score (nSPS) is 11.1. The number of allylic oxidation sites excluding steroid dienone is 3. The number of hydrogen-bond donors (Lipinski definition) is 1. The highest BCUT2D eigenvalue weighted by Gasteiger charge is 2.07. The molecule has 0 aromatic heterocycles. The molecule has 0 saturated heterocycles. The third-order valence-electron chi connectivity index (χ3n) is 2.47. The van der Waals surface area contributed by atoms with Crippen LogP contribution in [0.4, 0.5) is 0 Å². The molecule has 0 aliphatic rings. The van der Waals surface area contributed by atoms with Gasteiger partial charge in [0.2, 0.25) is 6.41 Å². The lowest BCUT2D eigenvalue weighted by Crippen LogP contribution is -2.07. The highest BCUT2D eigenvalue weighted by Crippen LogP contribution is 2.30. The second-order valence-electron chi connectivity index (χ2n) is 4.46. The Morgan fingerprint density at radius 1 is 1.37 bits per heavy atom. The van der Waals surface area contributed by atoms with Gasteiger partial charge in [-0.2, -0.15) is 0 Å². The lowest BCUT2D eigenvalue weighted by Gasteiger charge is -2.11. The number of carbonyl (C=O) groups excluding carboxylic acids is 1. The van der Waals surface area contributed by atoms with Crippen LogP contribution in [-0.4, -0.2) is 29.7 Å². The quantitative estimate of drug-likeness (QED) is 0.508. The number of hydrogen-bond acceptors (Lipinski definition) is 3. The fraction of sp³-hybridized carbons (Fsp3) is 0.267. The average molecular weight is 277 g/mol. The summed E-state index contributed by atoms with van der Waals surface area (Å²) in [6.45, 7) is 3.95. The van der Waals surface area contributed by atoms with Crippen molar-refractivity contribution in [1.82, 2.24) is 4.90 Å². The van der Waals surface area contributed by atoms with Gasteiger partial charge in [-0.1, -0.05) is 11.6 Å². The molecule has 102 valence electrons. The van der Waals surface area contributed by atoms with Crippen molar-refractivity contribution in [3.05, 3.63) is 41.6 Å². The number of thioether (sulfide) groups is 1. The van der Waals surface area contributed by atoms with Crippen molar-refractivity contribution in [2.45, 2.75) is 18.7 Å². The summed E-state index contributed by atoms with van der Waals surface area (Å²) in [5, 5.41) is 10.0. The van der Waals surface area contributed by atoms with Gasteiger partial charge in [0.15, 0.2) is 0 Å². The van der Waals surface area contributed by atoms with Crippen LogP contribution in [0.3, 0.4) is 0 Å². The van der Waals surface area contributed by atoms with Crippen molar-refractivity contribution in [2.75, 3.05) is 13.3 Å². The summed E-state index contributed by atoms with van der Waals surface area (Å²) in [5.41, 5.74) is 2.63. The Balaban J connectivity index is 3.36. The maximum absolute atomic E-state index is 10.8. The summed E-state index contributed by atoms with van der Waals surface area (Å²) in [6.07, 6.45) is 6.37. The van der Waals surface area contributed by atoms with Crippen LogP contribution in [0, 0.1) is 0 Å². The molecule has 0 aliphatic carbocycles. The maximum Gasteiger partial charge on any atom is 0.213 e. The highest BCUT2D eigenvalue weighted by atomic mass is 32.2. The number of phenols is 1. The van der Waals surface area contributed by atoms with Crippen LogP contribution in [0.2, 0.25) is 0 Å². The Bertz CT molecular complexity index is 517. The fourth-order valence-corrected chi connectivity index (χ4v) is 2.06. The van der Waals surface area contributed by atoms with Gasteiger partial charge in [-0.15, -0.1) is 11.8 Å². The summed E-state index contributed by atoms with van der Waals surface area (Å²) in [6, 6.07) is 5.46. The zero-order chi connectivity index (χ0) is 14.4. The molecule has 0 saturated carbocycles. The minimum Gasteiger partial charge on any atom is -0.507 e. The van der Waals surface area contributed by atoms with Gasteiger partial charge in [-0.3, -0.25) is 4.79 Å². The van der Waals surface area contributed by atoms with Crippen molar-refractivity contribution < 1.29 is 9.90 Å². The molecule has 19 heavy (non-hydrogen) atoms. The van der Waals surface area contributed by atoms with Gasteiger partial charge in [0.25, 0.3) is 0 Å². The average Bonchev–Trinajstić information content (AvgIpc) is 2.37. The molecule has 0 aliphatic heterocycles. The number of amides is 1. The van der Waals surface area contributed by atoms with Crippen LogP contribution in [0.15, 0.2) is 40.9 Å². The molecular weight excluding hydrogens is 258 g/mol. The summed E-state index contributed by atoms with van der Waals surface area (Å²) >= 11 is 1.61. The Morgan fingerprint density at radius 3 is 2.58 bits per heavy atom. The van der Waals surface area contributed by atoms with E-state index in [1.807, 2.05) is 38.3 Å². The van der Waals surface area contributed by atoms with Gasteiger partial charge in [0.1, 0.15) is 5.75 Å². The first-order valence-electron chi connectivity index (χ1n) is 5.89. The van der Waals surface area contributed by atoms with E-state index >= 15 is 0 Å². The fourth-order valence-electron chi connectivity index (χ4n) is 1.62. The molecule has 0 bridgehead atoms. The Labute approximate surface area is 118 Å². The largest absolute Gasteiger partial charge is 0.507 e. The molecule has 1 amide bonds. The molecule has 1 aromatic rings. The van der Waals surface area contributed by atoms with Crippen molar-refractivity contribution in [2.24, 2.45) is 0 Å². The molecule has 1 N–H and O–H groups in total. The molecule has 0 unspecified atom stereocenters. The first-order chi connectivity index (χ1) is 8.97. The van der Waals surface area contributed by atoms with Crippen molar-refractivity contribution in [1.29, 1.82) is 0 Å². The second kappa shape index (κ2) is 7.04. The van der Waals surface area contributed by atoms with Crippen LogP contribution in [0.25, 0.3) is 5.57 Å². The molecule has 0 fully saturated rings. The van der Waals surface area contributed by atoms with Crippen LogP contribution in [0.5, 0.6) is 5.75 Å². The minimum atomic E-state index is 0.209. The SMILES string of the molecule is CSc1ccc(O)c(/C(C=C(C)C)=C/N(C)C=O)c1. The number of carbonyl (C=O) groups is 1. The Hall–Kier alpha value is -1.68. The molecule has 0 radical (unpaired) electrons. The molecule has 0 heterocycles. The molecule has 1 aromatic carbocycles. The van der Waals surface area contributed by atoms with Crippen molar-refractivity contribution in [3.63, 3.8) is 0 Å². The zero-order valence-corrected chi connectivity index (χ0v) is 12.5. The number of benzene rings is 1. The van der Waals surface area contributed by atoms with E-state index in [4.69, 9.17) is 0 Å². The molecule has 1 rings (SSSR count). The predicted octanol–water partition coefficient (Wildman–Crippen LogP) is 3.51. The Kier molecular flexibility index (Phi) is 5.70. The minimum absolute atomic E-state index is 0.209. The summed E-state index contributed by atoms with van der Waals surface area (Å²) in [5.74, 6) is 0.209. The topological polar surface area (TPSA) is 40.5 Å². The van der Waals surface area contributed by atoms with Crippen LogP contribution < -0.4 is 0 Å². The Morgan fingerprint density at radius 2 is 2.05 bits per heavy atom. The smallest absolute Gasteiger partial charge is 0.213 e. The molecule has 3 nitrogen and oxygen atoms in total. The predicted molar refractivity (Wildman–Crippen MR) is 81.1 cm³/mol. The molecular formula is C15H19NO2S. The van der Waals surface area contributed by atoms with Crippen molar-refractivity contribution >= 4 is 23.7 Å². The zero-order valence-electron chi connectivity index (χ0n) is 11.7. The van der Waals surface area contributed by atoms with Gasteiger partial charge >= 0.3 is 0 Å². The van der Waals surface area contributed by atoms with E-state index in [2.05, 4.69) is 0 Å². The monoisotopic (exact) mass is 277 g/mol. The number of phenolic OH excluding ortho intramolecular Hbond substituents is 1. The third-order valence-corrected chi connectivity index (χ3v) is 3.19. The highest BCUT2D eigenvalue weighted by molar-refractivity contribution is 7.98. The lowest BCUT2D eigenvalue weighted by molar-refractivity contribution is -0.114. The van der Waals surface area contributed by atoms with Gasteiger partial charge in [-0.25, -0.2) is 0 Å². The van der Waals surface area contributed by atoms with Crippen LogP contribution in [0.1, 0.15) is 19.4 Å². The van der Waals surface area contributed by atoms with E-state index in [1.165, 1.54) is 4.90 Å². The third kappa shape index (κ3) is 4.48. The maximum atomic E-state index is 10.8. The van der Waals surface area contributed by atoms with E-state index in [-0.39, 0.29) is 5.75 Å². The summed E-state index contributed by atoms with van der Waals surface area (Å²) in [4.78, 5) is 13.3. The van der Waals surface area contributed by atoms with Crippen LogP contribution >= 0.6 is 11.8 Å². The van der Waals surface area contributed by atoms with E-state index in [9.17, 15) is 9.90 Å². The summed E-state index contributed by atoms with van der Waals surface area (Å²) < 4.78 is 0. The number of rotatable bonds is 5. The molecule has 4 heteroatoms. The second-order valence-corrected chi connectivity index (χ2v) is 5.34. The van der Waals surface area contributed by atoms with Gasteiger partial charge < -0.3 is 10.0 Å². The van der Waals surface area contributed by atoms with Crippen LogP contribution in [-0.2, 0) is 4.79 Å². The number of aromatic hydroxyl groups is 1. The number of nitrogens with zero attached hydrogens (tertiary/aromatic N) is 1. The van der Waals surface area contributed by atoms with E-state index in [1.54, 1.807) is 31.1 Å². The first kappa shape index (κ1) is 15.4.